The molecule has 1 heterocycles. The van der Waals surface area contributed by atoms with E-state index in [1.54, 1.807) is 6.26 Å². The number of thioether (sulfide) groups is 1. The number of carbonyl (C=O) groups is 1. The number of ketones is 1. The number of likely N-dealkylation sites (tertiary alicyclic amines) is 1. The predicted octanol–water partition coefficient (Wildman–Crippen LogP) is 5.42. The fourth-order valence-corrected chi connectivity index (χ4v) is 5.57. The van der Waals surface area contributed by atoms with Gasteiger partial charge in [0.2, 0.25) is 0 Å². The molecule has 3 rings (SSSR count). The third-order valence-electron chi connectivity index (χ3n) is 6.28. The molecule has 4 nitrogen and oxygen atoms in total. The second-order valence-electron chi connectivity index (χ2n) is 8.73. The summed E-state index contributed by atoms with van der Waals surface area (Å²) in [6.45, 7) is 1.37. The van der Waals surface area contributed by atoms with Crippen molar-refractivity contribution >= 4 is 17.5 Å². The Morgan fingerprint density at radius 1 is 1.27 bits per heavy atom. The smallest absolute Gasteiger partial charge is 0.416 e. The number of hydrogen-bond acceptors (Lipinski definition) is 5. The molecule has 2 atom stereocenters. The number of Topliss-reactive ketones (excluding diaryl/α,β-unsaturated/α-hetero) is 1. The summed E-state index contributed by atoms with van der Waals surface area (Å²) in [5.74, 6) is -0.289. The number of methoxy groups -OCH3 is 1. The van der Waals surface area contributed by atoms with Gasteiger partial charge in [0.15, 0.2) is 5.78 Å². The highest BCUT2D eigenvalue weighted by molar-refractivity contribution is 7.98. The number of ether oxygens (including phenoxy) is 1. The molecule has 1 saturated heterocycles. The van der Waals surface area contributed by atoms with Gasteiger partial charge in [0.1, 0.15) is 5.75 Å². The average Bonchev–Trinajstić information content (AvgIpc) is 2.77. The largest absolute Gasteiger partial charge is 0.496 e. The fourth-order valence-electron chi connectivity index (χ4n) is 4.91. The molecule has 180 valence electrons. The van der Waals surface area contributed by atoms with Crippen molar-refractivity contribution < 1.29 is 27.8 Å². The Hall–Kier alpha value is -2.03. The zero-order valence-electron chi connectivity index (χ0n) is 19.1. The summed E-state index contributed by atoms with van der Waals surface area (Å²) in [7, 11) is 3.25. The van der Waals surface area contributed by atoms with E-state index < -0.39 is 17.8 Å². The van der Waals surface area contributed by atoms with E-state index in [1.165, 1.54) is 7.11 Å². The van der Waals surface area contributed by atoms with Crippen LogP contribution in [-0.2, 0) is 11.6 Å². The lowest BCUT2D eigenvalue weighted by Crippen LogP contribution is -2.50. The van der Waals surface area contributed by atoms with E-state index >= 15 is 0 Å². The lowest BCUT2D eigenvalue weighted by Gasteiger charge is -2.44. The van der Waals surface area contributed by atoms with Gasteiger partial charge in [0.05, 0.1) is 24.3 Å². The van der Waals surface area contributed by atoms with Crippen LogP contribution < -0.4 is 4.74 Å². The summed E-state index contributed by atoms with van der Waals surface area (Å²) in [5, 5.41) is 10.5. The van der Waals surface area contributed by atoms with E-state index in [1.807, 2.05) is 25.2 Å². The zero-order valence-corrected chi connectivity index (χ0v) is 19.9. The van der Waals surface area contributed by atoms with Crippen molar-refractivity contribution in [2.45, 2.75) is 48.3 Å². The first kappa shape index (κ1) is 25.6. The number of carbonyl (C=O) groups excluding carboxylic acids is 1. The molecule has 0 aliphatic carbocycles. The number of β-amino-alcohol motifs (C(OH)–C–C–N with tert-alkyl or cyclic N) is 1. The molecular weight excluding hydrogens is 451 g/mol. The first-order chi connectivity index (χ1) is 15.6. The van der Waals surface area contributed by atoms with Crippen LogP contribution in [0.4, 0.5) is 13.2 Å². The molecule has 0 aromatic heterocycles. The van der Waals surface area contributed by atoms with Gasteiger partial charge in [-0.1, -0.05) is 30.3 Å². The van der Waals surface area contributed by atoms with E-state index in [4.69, 9.17) is 4.74 Å². The third-order valence-corrected chi connectivity index (χ3v) is 7.04. The fraction of sp³-hybridized carbons (Fsp3) is 0.480. The van der Waals surface area contributed by atoms with Crippen molar-refractivity contribution in [2.75, 3.05) is 33.5 Å². The van der Waals surface area contributed by atoms with Crippen molar-refractivity contribution in [3.63, 3.8) is 0 Å². The summed E-state index contributed by atoms with van der Waals surface area (Å²) in [5.41, 5.74) is 0.204. The number of nitrogens with zero attached hydrogens (tertiary/aromatic N) is 1. The van der Waals surface area contributed by atoms with Crippen LogP contribution in [0.3, 0.4) is 0 Å². The lowest BCUT2D eigenvalue weighted by atomic mass is 9.70. The molecule has 2 aromatic rings. The minimum Gasteiger partial charge on any atom is -0.496 e. The molecule has 2 aromatic carbocycles. The lowest BCUT2D eigenvalue weighted by molar-refractivity contribution is -0.137. The number of alkyl halides is 3. The van der Waals surface area contributed by atoms with Gasteiger partial charge in [-0.3, -0.25) is 4.79 Å². The zero-order chi connectivity index (χ0) is 24.2. The predicted molar refractivity (Wildman–Crippen MR) is 124 cm³/mol. The summed E-state index contributed by atoms with van der Waals surface area (Å²) >= 11 is 1.10. The molecule has 0 spiro atoms. The number of aliphatic hydroxyl groups is 1. The van der Waals surface area contributed by atoms with Crippen molar-refractivity contribution in [3.8, 4) is 5.75 Å². The quantitative estimate of drug-likeness (QED) is 0.403. The van der Waals surface area contributed by atoms with Gasteiger partial charge in [0.25, 0.3) is 0 Å². The van der Waals surface area contributed by atoms with E-state index in [9.17, 15) is 23.1 Å². The van der Waals surface area contributed by atoms with E-state index in [0.29, 0.717) is 25.8 Å². The molecule has 1 aliphatic rings. The topological polar surface area (TPSA) is 49.8 Å². The van der Waals surface area contributed by atoms with Crippen molar-refractivity contribution in [3.05, 3.63) is 59.2 Å². The van der Waals surface area contributed by atoms with Gasteiger partial charge in [-0.15, -0.1) is 11.8 Å². The summed E-state index contributed by atoms with van der Waals surface area (Å²) < 4.78 is 44.9. The highest BCUT2D eigenvalue weighted by Gasteiger charge is 2.39. The van der Waals surface area contributed by atoms with E-state index in [-0.39, 0.29) is 33.8 Å². The Morgan fingerprint density at radius 2 is 1.97 bits per heavy atom. The van der Waals surface area contributed by atoms with Crippen LogP contribution in [0.1, 0.15) is 47.2 Å². The standard InChI is InChI=1S/C25H30F3NO3S/c1-29-15-19(30)14-24(16-29,17-8-5-4-6-9-17)11-7-10-20(31)23-21(32-2)12-18(25(26,27)28)13-22(23)33-3/h4-6,8-9,12-13,19,30H,7,10-11,14-16H2,1-3H3. The van der Waals surface area contributed by atoms with Crippen LogP contribution >= 0.6 is 11.8 Å². The molecule has 0 saturated carbocycles. The Bertz CT molecular complexity index is 930. The number of rotatable bonds is 8. The normalized spacial score (nSPS) is 21.7. The summed E-state index contributed by atoms with van der Waals surface area (Å²) in [4.78, 5) is 15.5. The van der Waals surface area contributed by atoms with Crippen LogP contribution in [0.2, 0.25) is 0 Å². The number of likely N-dealkylation sites (N-methyl/N-ethyl adjacent to an activating group) is 1. The first-order valence-electron chi connectivity index (χ1n) is 10.9. The minimum absolute atomic E-state index is 0.0511. The first-order valence-corrected chi connectivity index (χ1v) is 12.1. The second-order valence-corrected chi connectivity index (χ2v) is 9.58. The maximum absolute atomic E-state index is 13.3. The summed E-state index contributed by atoms with van der Waals surface area (Å²) in [6, 6.07) is 11.9. The minimum atomic E-state index is -4.52. The van der Waals surface area contributed by atoms with E-state index in [2.05, 4.69) is 17.0 Å². The number of piperidine rings is 1. The van der Waals surface area contributed by atoms with Crippen molar-refractivity contribution in [2.24, 2.45) is 0 Å². The maximum atomic E-state index is 13.3. The number of aliphatic hydroxyl groups excluding tert-OH is 1. The highest BCUT2D eigenvalue weighted by atomic mass is 32.2. The Balaban J connectivity index is 1.82. The van der Waals surface area contributed by atoms with Gasteiger partial charge in [0, 0.05) is 29.8 Å². The number of halogens is 3. The van der Waals surface area contributed by atoms with E-state index in [0.717, 1.165) is 36.0 Å². The van der Waals surface area contributed by atoms with Gasteiger partial charge >= 0.3 is 6.18 Å². The molecule has 0 radical (unpaired) electrons. The van der Waals surface area contributed by atoms with Crippen molar-refractivity contribution in [1.82, 2.24) is 4.90 Å². The molecular formula is C25H30F3NO3S. The SMILES string of the molecule is COc1cc(C(F)(F)F)cc(SC)c1C(=O)CCCC1(c2ccccc2)CC(O)CN(C)C1. The van der Waals surface area contributed by atoms with Crippen LogP contribution in [-0.4, -0.2) is 55.4 Å². The second kappa shape index (κ2) is 10.5. The molecule has 33 heavy (non-hydrogen) atoms. The molecule has 8 heteroatoms. The number of hydrogen-bond donors (Lipinski definition) is 1. The van der Waals surface area contributed by atoms with Crippen molar-refractivity contribution in [1.29, 1.82) is 0 Å². The monoisotopic (exact) mass is 481 g/mol. The van der Waals surface area contributed by atoms with Gasteiger partial charge in [-0.25, -0.2) is 0 Å². The molecule has 1 aliphatic heterocycles. The van der Waals surface area contributed by atoms with Crippen LogP contribution in [0.15, 0.2) is 47.4 Å². The van der Waals surface area contributed by atoms with Gasteiger partial charge in [-0.2, -0.15) is 13.2 Å². The van der Waals surface area contributed by atoms with Crippen LogP contribution in [0, 0.1) is 0 Å². The Morgan fingerprint density at radius 3 is 2.55 bits per heavy atom. The average molecular weight is 482 g/mol. The van der Waals surface area contributed by atoms with Gasteiger partial charge < -0.3 is 14.7 Å². The molecule has 1 fully saturated rings. The Labute approximate surface area is 197 Å². The third kappa shape index (κ3) is 5.91. The molecule has 0 bridgehead atoms. The summed E-state index contributed by atoms with van der Waals surface area (Å²) in [6.07, 6.45) is -1.31. The molecule has 1 N–H and O–H groups in total. The molecule has 2 unspecified atom stereocenters. The van der Waals surface area contributed by atoms with Gasteiger partial charge in [-0.05, 0) is 50.3 Å². The van der Waals surface area contributed by atoms with Crippen LogP contribution in [0.25, 0.3) is 0 Å². The number of benzene rings is 2. The molecule has 0 amide bonds. The van der Waals surface area contributed by atoms with Crippen LogP contribution in [0.5, 0.6) is 5.75 Å². The maximum Gasteiger partial charge on any atom is 0.416 e. The Kier molecular flexibility index (Phi) is 8.13. The highest BCUT2D eigenvalue weighted by Crippen LogP contribution is 2.41.